The van der Waals surface area contributed by atoms with Crippen LogP contribution in [0.2, 0.25) is 0 Å². The Morgan fingerprint density at radius 1 is 0.651 bits per heavy atom. The molecular weight excluding hydrogens is 846 g/mol. The highest BCUT2D eigenvalue weighted by atomic mass is 19.4. The number of nitrogens with zero attached hydrogens (tertiary/aromatic N) is 2. The summed E-state index contributed by atoms with van der Waals surface area (Å²) in [6, 6.07) is 8.93. The number of carbonyl (C=O) groups excluding carboxylic acids is 5. The minimum absolute atomic E-state index is 0.0880. The maximum atomic E-state index is 12.8. The van der Waals surface area contributed by atoms with Gasteiger partial charge in [-0.05, 0) is 115 Å². The van der Waals surface area contributed by atoms with Gasteiger partial charge in [-0.1, -0.05) is 24.3 Å². The van der Waals surface area contributed by atoms with Gasteiger partial charge < -0.3 is 46.9 Å². The highest BCUT2D eigenvalue weighted by Gasteiger charge is 2.43. The number of benzene rings is 2. The summed E-state index contributed by atoms with van der Waals surface area (Å²) in [4.78, 5) is 72.6. The number of rotatable bonds is 7. The van der Waals surface area contributed by atoms with Crippen LogP contribution in [-0.4, -0.2) is 99.2 Å². The first-order valence-corrected chi connectivity index (χ1v) is 19.4. The number of piperidine rings is 2. The van der Waals surface area contributed by atoms with Crippen molar-refractivity contribution in [3.63, 3.8) is 0 Å². The Kier molecular flexibility index (Phi) is 17.9. The lowest BCUT2D eigenvalue weighted by Gasteiger charge is -2.40. The lowest BCUT2D eigenvalue weighted by atomic mass is 9.86. The quantitative estimate of drug-likeness (QED) is 0.158. The maximum absolute atomic E-state index is 12.8. The molecule has 0 spiro atoms. The van der Waals surface area contributed by atoms with E-state index in [0.29, 0.717) is 25.9 Å². The van der Waals surface area contributed by atoms with Gasteiger partial charge >= 0.3 is 30.5 Å². The molecule has 5 amide bonds. The first-order chi connectivity index (χ1) is 28.7. The third-order valence-corrected chi connectivity index (χ3v) is 9.17. The smallest absolute Gasteiger partial charge is 0.416 e. The third-order valence-electron chi connectivity index (χ3n) is 9.17. The van der Waals surface area contributed by atoms with E-state index in [0.717, 1.165) is 42.5 Å². The fourth-order valence-electron chi connectivity index (χ4n) is 5.75. The number of likely N-dealkylation sites (tertiary alicyclic amines) is 2. The monoisotopic (exact) mass is 900 g/mol. The molecule has 2 fully saturated rings. The average molecular weight is 901 g/mol. The molecule has 15 nitrogen and oxygen atoms in total. The van der Waals surface area contributed by atoms with Crippen LogP contribution < -0.4 is 22.5 Å². The van der Waals surface area contributed by atoms with E-state index in [9.17, 15) is 55.1 Å². The van der Waals surface area contributed by atoms with Crippen molar-refractivity contribution >= 4 is 48.0 Å². The summed E-state index contributed by atoms with van der Waals surface area (Å²) in [5.74, 6) is -3.15. The first kappa shape index (κ1) is 53.0. The predicted octanol–water partition coefficient (Wildman–Crippen LogP) is 6.09. The van der Waals surface area contributed by atoms with Gasteiger partial charge in [-0.3, -0.25) is 14.4 Å². The van der Waals surface area contributed by atoms with E-state index < -0.39 is 75.5 Å². The number of alkyl halides is 6. The standard InChI is InChI=1S/C21H26F3N3O4.C11H21N3O3.C10H7F3O2/c1-19(2,3)31-18(30)27-11-9-20(10-12-27,17(25)29)26-16(28)8-7-14-5-4-6-15(13-14)21(22,23)24;1-10(2,3)17-9(16)14-6-4-11(13,5-7-14)8(12)15;11-10(12,13)8-3-1-2-7(6-8)4-5-9(14)15/h4-8,13H,9-12H2,1-3H3,(H2,25,29)(H,26,28);4-7,13H2,1-3H3,(H2,12,15);1-6H,(H,14,15)/b8-7+;;5-4+. The van der Waals surface area contributed by atoms with Crippen molar-refractivity contribution in [2.24, 2.45) is 17.2 Å². The van der Waals surface area contributed by atoms with E-state index in [2.05, 4.69) is 5.32 Å². The van der Waals surface area contributed by atoms with Gasteiger partial charge in [0.15, 0.2) is 0 Å². The molecule has 0 saturated carbocycles. The van der Waals surface area contributed by atoms with Crippen molar-refractivity contribution in [3.8, 4) is 0 Å². The van der Waals surface area contributed by atoms with Crippen LogP contribution in [0.4, 0.5) is 35.9 Å². The van der Waals surface area contributed by atoms with Crippen LogP contribution in [0.5, 0.6) is 0 Å². The predicted molar refractivity (Wildman–Crippen MR) is 219 cm³/mol. The molecule has 0 aromatic heterocycles. The number of halogens is 6. The van der Waals surface area contributed by atoms with Crippen molar-refractivity contribution in [2.45, 2.75) is 102 Å². The molecule has 348 valence electrons. The van der Waals surface area contributed by atoms with E-state index in [1.807, 2.05) is 20.8 Å². The average Bonchev–Trinajstić information content (AvgIpc) is 3.15. The minimum Gasteiger partial charge on any atom is -0.478 e. The number of carboxylic acids is 1. The number of carbonyl (C=O) groups is 6. The Labute approximate surface area is 360 Å². The van der Waals surface area contributed by atoms with Crippen molar-refractivity contribution in [3.05, 3.63) is 82.9 Å². The lowest BCUT2D eigenvalue weighted by Crippen LogP contribution is -2.62. The van der Waals surface area contributed by atoms with Crippen LogP contribution >= 0.6 is 0 Å². The summed E-state index contributed by atoms with van der Waals surface area (Å²) in [6.07, 6.45) is -4.72. The van der Waals surface area contributed by atoms with Crippen LogP contribution in [0.15, 0.2) is 60.7 Å². The topological polar surface area (TPSA) is 238 Å². The van der Waals surface area contributed by atoms with E-state index in [-0.39, 0.29) is 43.2 Å². The molecule has 63 heavy (non-hydrogen) atoms. The number of hydrogen-bond donors (Lipinski definition) is 5. The lowest BCUT2D eigenvalue weighted by molar-refractivity contribution is -0.138. The Balaban J connectivity index is 0.000000359. The van der Waals surface area contributed by atoms with E-state index in [1.54, 1.807) is 25.7 Å². The molecule has 21 heteroatoms. The molecule has 0 atom stereocenters. The Morgan fingerprint density at radius 3 is 1.37 bits per heavy atom. The number of primary amides is 2. The summed E-state index contributed by atoms with van der Waals surface area (Å²) >= 11 is 0. The number of aliphatic carboxylic acids is 1. The second kappa shape index (κ2) is 21.3. The molecule has 0 bridgehead atoms. The molecule has 2 aliphatic heterocycles. The van der Waals surface area contributed by atoms with Crippen molar-refractivity contribution in [1.82, 2.24) is 15.1 Å². The van der Waals surface area contributed by atoms with Gasteiger partial charge in [0, 0.05) is 38.3 Å². The van der Waals surface area contributed by atoms with E-state index in [4.69, 9.17) is 31.8 Å². The summed E-state index contributed by atoms with van der Waals surface area (Å²) < 4.78 is 85.6. The fraction of sp³-hybridized carbons (Fsp3) is 0.476. The molecule has 0 radical (unpaired) electrons. The molecule has 2 aromatic rings. The number of hydrogen-bond acceptors (Lipinski definition) is 9. The summed E-state index contributed by atoms with van der Waals surface area (Å²) in [7, 11) is 0. The number of ether oxygens (including phenoxy) is 2. The van der Waals surface area contributed by atoms with Gasteiger partial charge in [0.05, 0.1) is 16.7 Å². The molecule has 8 N–H and O–H groups in total. The number of amides is 5. The Bertz CT molecular complexity index is 2010. The largest absolute Gasteiger partial charge is 0.478 e. The van der Waals surface area contributed by atoms with Gasteiger partial charge in [0.1, 0.15) is 16.7 Å². The number of nitrogens with one attached hydrogen (secondary N) is 1. The zero-order valence-electron chi connectivity index (χ0n) is 35.7. The van der Waals surface area contributed by atoms with Gasteiger partial charge in [-0.25, -0.2) is 14.4 Å². The van der Waals surface area contributed by atoms with Gasteiger partial charge in [-0.2, -0.15) is 26.3 Å². The van der Waals surface area contributed by atoms with E-state index in [1.165, 1.54) is 35.2 Å². The normalized spacial score (nSPS) is 16.5. The zero-order valence-corrected chi connectivity index (χ0v) is 35.7. The minimum atomic E-state index is -4.50. The van der Waals surface area contributed by atoms with Crippen LogP contribution in [-0.2, 0) is 41.0 Å². The number of carboxylic acid groups (broad SMARTS) is 1. The molecule has 0 unspecified atom stereocenters. The molecule has 2 aromatic carbocycles. The molecule has 0 aliphatic carbocycles. The molecule has 2 aliphatic rings. The van der Waals surface area contributed by atoms with Gasteiger partial charge in [0.2, 0.25) is 17.7 Å². The van der Waals surface area contributed by atoms with Gasteiger partial charge in [0.25, 0.3) is 0 Å². The second-order valence-corrected chi connectivity index (χ2v) is 16.6. The maximum Gasteiger partial charge on any atom is 0.416 e. The van der Waals surface area contributed by atoms with Crippen LogP contribution in [0.25, 0.3) is 12.2 Å². The SMILES string of the molecule is CC(C)(C)OC(=O)N1CCC(N)(C(N)=O)CC1.CC(C)(C)OC(=O)N1CCC(NC(=O)/C=C/c2cccc(C(F)(F)F)c2)(C(N)=O)CC1.O=C(O)/C=C/c1cccc(C(F)(F)F)c1. The molecule has 2 saturated heterocycles. The summed E-state index contributed by atoms with van der Waals surface area (Å²) in [5, 5.41) is 10.8. The Hall–Kier alpha value is -6.12. The van der Waals surface area contributed by atoms with Crippen molar-refractivity contribution in [2.75, 3.05) is 26.2 Å². The first-order valence-electron chi connectivity index (χ1n) is 19.4. The number of nitrogens with two attached hydrogens (primary N) is 3. The highest BCUT2D eigenvalue weighted by molar-refractivity contribution is 5.97. The van der Waals surface area contributed by atoms with Crippen LogP contribution in [0, 0.1) is 0 Å². The van der Waals surface area contributed by atoms with Crippen LogP contribution in [0.3, 0.4) is 0 Å². The molecule has 4 rings (SSSR count). The fourth-order valence-corrected chi connectivity index (χ4v) is 5.75. The van der Waals surface area contributed by atoms with E-state index >= 15 is 0 Å². The van der Waals surface area contributed by atoms with Gasteiger partial charge in [-0.15, -0.1) is 0 Å². The molecular formula is C42H54F6N6O9. The second-order valence-electron chi connectivity index (χ2n) is 16.6. The summed E-state index contributed by atoms with van der Waals surface area (Å²) in [6.45, 7) is 11.7. The highest BCUT2D eigenvalue weighted by Crippen LogP contribution is 2.31. The van der Waals surface area contributed by atoms with Crippen molar-refractivity contribution < 1.29 is 69.7 Å². The zero-order chi connectivity index (χ0) is 48.2. The van der Waals surface area contributed by atoms with Crippen LogP contribution in [0.1, 0.15) is 89.5 Å². The summed E-state index contributed by atoms with van der Waals surface area (Å²) in [5.41, 5.74) is 11.8. The molecule has 2 heterocycles. The van der Waals surface area contributed by atoms with Crippen molar-refractivity contribution in [1.29, 1.82) is 0 Å². The third kappa shape index (κ3) is 18.0. The Morgan fingerprint density at radius 2 is 1.03 bits per heavy atom.